The minimum absolute atomic E-state index is 0.147. The Morgan fingerprint density at radius 1 is 1.38 bits per heavy atom. The Labute approximate surface area is 137 Å². The number of amides is 1. The number of hydrogen-bond donors (Lipinski definition) is 2. The number of nitrogens with one attached hydrogen (secondary N) is 1. The summed E-state index contributed by atoms with van der Waals surface area (Å²) < 4.78 is 15.7. The van der Waals surface area contributed by atoms with E-state index in [1.54, 1.807) is 29.1 Å². The maximum Gasteiger partial charge on any atom is 0.275 e. The summed E-state index contributed by atoms with van der Waals surface area (Å²) in [6, 6.07) is 6.00. The van der Waals surface area contributed by atoms with Gasteiger partial charge in [0.2, 0.25) is 0 Å². The first-order valence-corrected chi connectivity index (χ1v) is 7.44. The Bertz CT molecular complexity index is 1010. The molecule has 3 N–H and O–H groups in total. The fourth-order valence-electron chi connectivity index (χ4n) is 2.67. The Balaban J connectivity index is 2.24. The highest BCUT2D eigenvalue weighted by molar-refractivity contribution is 5.96. The molecule has 0 fully saturated rings. The molecule has 24 heavy (non-hydrogen) atoms. The number of allylic oxidation sites excluding steroid dienone is 2. The van der Waals surface area contributed by atoms with E-state index in [0.717, 1.165) is 0 Å². The molecule has 0 aliphatic carbocycles. The SMILES string of the molecule is CC=CCn1cc(-c2ccc(C(N)=O)c(F)c2)c2cc[nH]c2c1=O. The lowest BCUT2D eigenvalue weighted by Crippen LogP contribution is -2.19. The standard InChI is InChI=1S/C18H16FN3O2/c1-2-3-8-22-10-14(12-6-7-21-16(12)18(22)24)11-4-5-13(17(20)23)15(19)9-11/h2-7,9-10,21H,8H2,1H3,(H2,20,23). The summed E-state index contributed by atoms with van der Waals surface area (Å²) in [7, 11) is 0. The second-order valence-electron chi connectivity index (χ2n) is 5.39. The van der Waals surface area contributed by atoms with Crippen LogP contribution in [-0.2, 0) is 6.54 Å². The number of fused-ring (bicyclic) bond motifs is 1. The molecule has 6 heteroatoms. The van der Waals surface area contributed by atoms with Gasteiger partial charge in [0.1, 0.15) is 11.3 Å². The first kappa shape index (κ1) is 15.7. The van der Waals surface area contributed by atoms with Crippen molar-refractivity contribution in [3.63, 3.8) is 0 Å². The second kappa shape index (κ2) is 6.16. The highest BCUT2D eigenvalue weighted by atomic mass is 19.1. The van der Waals surface area contributed by atoms with Crippen molar-refractivity contribution in [2.75, 3.05) is 0 Å². The van der Waals surface area contributed by atoms with Gasteiger partial charge in [-0.25, -0.2) is 4.39 Å². The van der Waals surface area contributed by atoms with Gasteiger partial charge in [-0.05, 0) is 30.7 Å². The number of nitrogens with two attached hydrogens (primary N) is 1. The van der Waals surface area contributed by atoms with E-state index in [9.17, 15) is 14.0 Å². The first-order valence-electron chi connectivity index (χ1n) is 7.44. The molecule has 0 radical (unpaired) electrons. The zero-order valence-electron chi connectivity index (χ0n) is 13.0. The van der Waals surface area contributed by atoms with Crippen LogP contribution in [0.15, 0.2) is 53.6 Å². The van der Waals surface area contributed by atoms with Crippen LogP contribution in [0.5, 0.6) is 0 Å². The monoisotopic (exact) mass is 325 g/mol. The van der Waals surface area contributed by atoms with Crippen LogP contribution in [0.25, 0.3) is 22.0 Å². The van der Waals surface area contributed by atoms with E-state index in [4.69, 9.17) is 5.73 Å². The van der Waals surface area contributed by atoms with E-state index in [1.807, 2.05) is 19.1 Å². The van der Waals surface area contributed by atoms with Gasteiger partial charge in [0.15, 0.2) is 0 Å². The van der Waals surface area contributed by atoms with E-state index in [1.165, 1.54) is 12.1 Å². The molecule has 2 aromatic heterocycles. The lowest BCUT2D eigenvalue weighted by atomic mass is 10.0. The van der Waals surface area contributed by atoms with Crippen molar-refractivity contribution in [2.24, 2.45) is 5.73 Å². The number of rotatable bonds is 4. The number of H-pyrrole nitrogens is 1. The molecule has 5 nitrogen and oxygen atoms in total. The summed E-state index contributed by atoms with van der Waals surface area (Å²) in [5.74, 6) is -1.50. The van der Waals surface area contributed by atoms with Crippen LogP contribution in [-0.4, -0.2) is 15.5 Å². The van der Waals surface area contributed by atoms with Gasteiger partial charge in [0.25, 0.3) is 11.5 Å². The molecular weight excluding hydrogens is 309 g/mol. The molecule has 0 bridgehead atoms. The van der Waals surface area contributed by atoms with E-state index in [0.29, 0.717) is 28.6 Å². The highest BCUT2D eigenvalue weighted by Crippen LogP contribution is 2.28. The third-order valence-corrected chi connectivity index (χ3v) is 3.88. The molecule has 1 aromatic carbocycles. The number of hydrogen-bond acceptors (Lipinski definition) is 2. The molecule has 0 unspecified atom stereocenters. The van der Waals surface area contributed by atoms with Gasteiger partial charge >= 0.3 is 0 Å². The molecule has 0 aliphatic rings. The van der Waals surface area contributed by atoms with Crippen molar-refractivity contribution < 1.29 is 9.18 Å². The van der Waals surface area contributed by atoms with Crippen molar-refractivity contribution in [3.8, 4) is 11.1 Å². The van der Waals surface area contributed by atoms with Gasteiger partial charge < -0.3 is 15.3 Å². The first-order chi connectivity index (χ1) is 11.5. The fraction of sp³-hybridized carbons (Fsp3) is 0.111. The predicted molar refractivity (Wildman–Crippen MR) is 91.3 cm³/mol. The highest BCUT2D eigenvalue weighted by Gasteiger charge is 2.14. The van der Waals surface area contributed by atoms with Crippen LogP contribution < -0.4 is 11.3 Å². The van der Waals surface area contributed by atoms with E-state index in [-0.39, 0.29) is 11.1 Å². The summed E-state index contributed by atoms with van der Waals surface area (Å²) in [4.78, 5) is 26.6. The number of primary amides is 1. The van der Waals surface area contributed by atoms with Crippen LogP contribution in [0.3, 0.4) is 0 Å². The topological polar surface area (TPSA) is 80.9 Å². The van der Waals surface area contributed by atoms with Gasteiger partial charge in [-0.3, -0.25) is 9.59 Å². The Kier molecular flexibility index (Phi) is 4.04. The maximum absolute atomic E-state index is 14.1. The van der Waals surface area contributed by atoms with Gasteiger partial charge in [0, 0.05) is 29.9 Å². The average molecular weight is 325 g/mol. The third-order valence-electron chi connectivity index (χ3n) is 3.88. The van der Waals surface area contributed by atoms with Crippen molar-refractivity contribution in [3.05, 3.63) is 70.5 Å². The zero-order chi connectivity index (χ0) is 17.3. The van der Waals surface area contributed by atoms with Gasteiger partial charge in [0.05, 0.1) is 5.56 Å². The number of carbonyl (C=O) groups excluding carboxylic acids is 1. The van der Waals surface area contributed by atoms with Crippen LogP contribution in [0, 0.1) is 5.82 Å². The summed E-state index contributed by atoms with van der Waals surface area (Å²) in [5, 5.41) is 0.697. The Hall–Kier alpha value is -3.15. The molecule has 1 amide bonds. The maximum atomic E-state index is 14.1. The lowest BCUT2D eigenvalue weighted by Gasteiger charge is -2.10. The molecule has 2 heterocycles. The lowest BCUT2D eigenvalue weighted by molar-refractivity contribution is 0.0996. The van der Waals surface area contributed by atoms with Crippen LogP contribution in [0.2, 0.25) is 0 Å². The smallest absolute Gasteiger partial charge is 0.275 e. The van der Waals surface area contributed by atoms with Crippen LogP contribution >= 0.6 is 0 Å². The summed E-state index contributed by atoms with van der Waals surface area (Å²) in [6.07, 6.45) is 7.07. The third kappa shape index (κ3) is 2.62. The van der Waals surface area contributed by atoms with E-state index < -0.39 is 11.7 Å². The number of benzene rings is 1. The van der Waals surface area contributed by atoms with E-state index >= 15 is 0 Å². The Morgan fingerprint density at radius 2 is 2.17 bits per heavy atom. The Morgan fingerprint density at radius 3 is 2.83 bits per heavy atom. The molecule has 0 spiro atoms. The fourth-order valence-corrected chi connectivity index (χ4v) is 2.67. The number of aromatic nitrogens is 2. The van der Waals surface area contributed by atoms with Crippen molar-refractivity contribution in [2.45, 2.75) is 13.5 Å². The van der Waals surface area contributed by atoms with Gasteiger partial charge in [-0.1, -0.05) is 18.2 Å². The summed E-state index contributed by atoms with van der Waals surface area (Å²) in [5.41, 5.74) is 6.55. The van der Waals surface area contributed by atoms with Gasteiger partial charge in [-0.15, -0.1) is 0 Å². The van der Waals surface area contributed by atoms with Crippen LogP contribution in [0.1, 0.15) is 17.3 Å². The normalized spacial score (nSPS) is 11.4. The van der Waals surface area contributed by atoms with Crippen molar-refractivity contribution in [1.82, 2.24) is 9.55 Å². The molecule has 3 rings (SSSR count). The quantitative estimate of drug-likeness (QED) is 0.723. The van der Waals surface area contributed by atoms with Crippen molar-refractivity contribution in [1.29, 1.82) is 0 Å². The minimum atomic E-state index is -0.816. The number of aromatic amines is 1. The summed E-state index contributed by atoms with van der Waals surface area (Å²) in [6.45, 7) is 2.29. The predicted octanol–water partition coefficient (Wildman–Crippen LogP) is 2.81. The van der Waals surface area contributed by atoms with Crippen LogP contribution in [0.4, 0.5) is 4.39 Å². The van der Waals surface area contributed by atoms with E-state index in [2.05, 4.69) is 4.98 Å². The number of halogens is 1. The molecule has 0 aliphatic heterocycles. The number of nitrogens with zero attached hydrogens (tertiary/aromatic N) is 1. The molecular formula is C18H16FN3O2. The molecule has 3 aromatic rings. The molecule has 0 atom stereocenters. The molecule has 0 saturated carbocycles. The molecule has 0 saturated heterocycles. The molecule has 122 valence electrons. The minimum Gasteiger partial charge on any atom is -0.366 e. The summed E-state index contributed by atoms with van der Waals surface area (Å²) >= 11 is 0. The largest absolute Gasteiger partial charge is 0.366 e. The zero-order valence-corrected chi connectivity index (χ0v) is 13.0. The number of pyridine rings is 1. The average Bonchev–Trinajstić information content (AvgIpc) is 3.04. The number of carbonyl (C=O) groups is 1. The van der Waals surface area contributed by atoms with Gasteiger partial charge in [-0.2, -0.15) is 0 Å². The second-order valence-corrected chi connectivity index (χ2v) is 5.39. The van der Waals surface area contributed by atoms with Crippen molar-refractivity contribution >= 4 is 16.8 Å².